The van der Waals surface area contributed by atoms with Crippen LogP contribution in [-0.4, -0.2) is 39.1 Å². The van der Waals surface area contributed by atoms with E-state index in [2.05, 4.69) is 4.99 Å². The molecule has 1 fully saturated rings. The van der Waals surface area contributed by atoms with E-state index in [0.29, 0.717) is 6.61 Å². The molecule has 0 bridgehead atoms. The molecule has 0 radical (unpaired) electrons. The van der Waals surface area contributed by atoms with E-state index in [1.165, 1.54) is 0 Å². The lowest BCUT2D eigenvalue weighted by atomic mass is 9.93. The van der Waals surface area contributed by atoms with E-state index < -0.39 is 0 Å². The molecule has 0 heterocycles. The van der Waals surface area contributed by atoms with E-state index in [-0.39, 0.29) is 12.1 Å². The third-order valence-electron chi connectivity index (χ3n) is 4.06. The molecule has 5 nitrogen and oxygen atoms in total. The average molecular weight is 305 g/mol. The van der Waals surface area contributed by atoms with Crippen molar-refractivity contribution in [1.29, 1.82) is 0 Å². The van der Waals surface area contributed by atoms with Crippen LogP contribution in [0, 0.1) is 0 Å². The Kier molecular flexibility index (Phi) is 6.44. The van der Waals surface area contributed by atoms with Crippen LogP contribution in [0.5, 0.6) is 11.5 Å². The number of hydrogen-bond acceptors (Lipinski definition) is 5. The van der Waals surface area contributed by atoms with Crippen molar-refractivity contribution in [3.8, 4) is 11.5 Å². The number of aliphatic imine (C=N–C) groups is 1. The first-order chi connectivity index (χ1) is 10.8. The molecular formula is C17H23NO4. The quantitative estimate of drug-likeness (QED) is 0.574. The predicted octanol–water partition coefficient (Wildman–Crippen LogP) is 2.91. The molecular weight excluding hydrogens is 282 g/mol. The van der Waals surface area contributed by atoms with Gasteiger partial charge in [0.15, 0.2) is 11.5 Å². The number of isocyanates is 1. The van der Waals surface area contributed by atoms with E-state index in [1.54, 1.807) is 20.3 Å². The Balaban J connectivity index is 1.88. The third-order valence-corrected chi connectivity index (χ3v) is 4.06. The lowest BCUT2D eigenvalue weighted by molar-refractivity contribution is 0.0175. The Morgan fingerprint density at radius 2 is 1.95 bits per heavy atom. The summed E-state index contributed by atoms with van der Waals surface area (Å²) in [6, 6.07) is 5.84. The summed E-state index contributed by atoms with van der Waals surface area (Å²) in [6.45, 7) is 0.602. The fraction of sp³-hybridized carbons (Fsp3) is 0.588. The van der Waals surface area contributed by atoms with Crippen LogP contribution in [0.4, 0.5) is 0 Å². The van der Waals surface area contributed by atoms with Gasteiger partial charge in [-0.1, -0.05) is 18.9 Å². The second kappa shape index (κ2) is 8.57. The Labute approximate surface area is 131 Å². The molecule has 0 saturated heterocycles. The molecule has 0 spiro atoms. The first-order valence-electron chi connectivity index (χ1n) is 7.68. The van der Waals surface area contributed by atoms with Crippen LogP contribution in [-0.2, 0) is 16.0 Å². The van der Waals surface area contributed by atoms with Crippen molar-refractivity contribution in [2.45, 2.75) is 44.2 Å². The molecule has 1 aromatic rings. The molecule has 2 rings (SSSR count). The monoisotopic (exact) mass is 305 g/mol. The Bertz CT molecular complexity index is 525. The summed E-state index contributed by atoms with van der Waals surface area (Å²) in [7, 11) is 3.25. The van der Waals surface area contributed by atoms with Crippen molar-refractivity contribution in [2.75, 3.05) is 20.8 Å². The molecule has 22 heavy (non-hydrogen) atoms. The minimum absolute atomic E-state index is 0.0309. The molecule has 0 aromatic heterocycles. The lowest BCUT2D eigenvalue weighted by Crippen LogP contribution is -2.31. The van der Waals surface area contributed by atoms with Gasteiger partial charge in [-0.3, -0.25) is 0 Å². The number of benzene rings is 1. The minimum atomic E-state index is -0.0309. The maximum atomic E-state index is 10.5. The Morgan fingerprint density at radius 3 is 2.68 bits per heavy atom. The van der Waals surface area contributed by atoms with Gasteiger partial charge in [0.05, 0.1) is 33.0 Å². The molecule has 1 aliphatic rings. The maximum Gasteiger partial charge on any atom is 0.235 e. The van der Waals surface area contributed by atoms with Gasteiger partial charge in [0, 0.05) is 0 Å². The molecule has 0 unspecified atom stereocenters. The summed E-state index contributed by atoms with van der Waals surface area (Å²) < 4.78 is 16.5. The zero-order valence-corrected chi connectivity index (χ0v) is 13.2. The molecule has 5 heteroatoms. The first kappa shape index (κ1) is 16.5. The van der Waals surface area contributed by atoms with Gasteiger partial charge in [-0.15, -0.1) is 0 Å². The van der Waals surface area contributed by atoms with Crippen LogP contribution in [0.3, 0.4) is 0 Å². The van der Waals surface area contributed by atoms with E-state index >= 15 is 0 Å². The van der Waals surface area contributed by atoms with Crippen LogP contribution in [0.25, 0.3) is 0 Å². The van der Waals surface area contributed by atoms with E-state index in [9.17, 15) is 4.79 Å². The smallest absolute Gasteiger partial charge is 0.235 e. The Morgan fingerprint density at radius 1 is 1.18 bits per heavy atom. The average Bonchev–Trinajstić information content (AvgIpc) is 2.56. The molecule has 0 N–H and O–H groups in total. The summed E-state index contributed by atoms with van der Waals surface area (Å²) in [5.41, 5.74) is 1.13. The highest BCUT2D eigenvalue weighted by Crippen LogP contribution is 2.28. The largest absolute Gasteiger partial charge is 0.493 e. The summed E-state index contributed by atoms with van der Waals surface area (Å²) in [6.07, 6.45) is 6.60. The van der Waals surface area contributed by atoms with Crippen molar-refractivity contribution in [2.24, 2.45) is 4.99 Å². The highest BCUT2D eigenvalue weighted by molar-refractivity contribution is 5.42. The van der Waals surface area contributed by atoms with Gasteiger partial charge >= 0.3 is 0 Å². The molecule has 0 amide bonds. The van der Waals surface area contributed by atoms with Crippen LogP contribution in [0.15, 0.2) is 23.2 Å². The van der Waals surface area contributed by atoms with Crippen molar-refractivity contribution in [3.05, 3.63) is 23.8 Å². The summed E-state index contributed by atoms with van der Waals surface area (Å²) >= 11 is 0. The topological polar surface area (TPSA) is 57.1 Å². The molecule has 120 valence electrons. The van der Waals surface area contributed by atoms with Gasteiger partial charge in [0.2, 0.25) is 6.08 Å². The predicted molar refractivity (Wildman–Crippen MR) is 83.4 cm³/mol. The zero-order chi connectivity index (χ0) is 15.8. The third kappa shape index (κ3) is 4.33. The van der Waals surface area contributed by atoms with E-state index in [1.807, 2.05) is 18.2 Å². The normalized spacial score (nSPS) is 21.0. The molecule has 2 atom stereocenters. The van der Waals surface area contributed by atoms with E-state index in [0.717, 1.165) is 49.2 Å². The van der Waals surface area contributed by atoms with Gasteiger partial charge in [-0.25, -0.2) is 4.79 Å². The highest BCUT2D eigenvalue weighted by Gasteiger charge is 2.25. The summed E-state index contributed by atoms with van der Waals surface area (Å²) in [4.78, 5) is 14.3. The molecule has 1 aliphatic carbocycles. The number of carbonyl (C=O) groups excluding carboxylic acids is 1. The maximum absolute atomic E-state index is 10.5. The molecule has 1 aromatic carbocycles. The molecule has 0 aliphatic heterocycles. The Hall–Kier alpha value is -1.84. The SMILES string of the molecule is COc1ccc(CCO[C@@H]2CCCC[C@H]2N=C=O)cc1OC. The standard InChI is InChI=1S/C17H23NO4/c1-20-16-8-7-13(11-17(16)21-2)9-10-22-15-6-4-3-5-14(15)18-12-19/h7-8,11,14-15H,3-6,9-10H2,1-2H3/t14-,15-/m1/s1. The van der Waals surface area contributed by atoms with Gasteiger partial charge in [0.1, 0.15) is 0 Å². The molecule has 1 saturated carbocycles. The second-order valence-electron chi connectivity index (χ2n) is 5.42. The van der Waals surface area contributed by atoms with Crippen LogP contribution >= 0.6 is 0 Å². The van der Waals surface area contributed by atoms with Crippen LogP contribution in [0.2, 0.25) is 0 Å². The lowest BCUT2D eigenvalue weighted by Gasteiger charge is -2.27. The zero-order valence-electron chi connectivity index (χ0n) is 13.2. The van der Waals surface area contributed by atoms with Gasteiger partial charge < -0.3 is 14.2 Å². The highest BCUT2D eigenvalue weighted by atomic mass is 16.5. The van der Waals surface area contributed by atoms with Crippen molar-refractivity contribution < 1.29 is 19.0 Å². The summed E-state index contributed by atoms with van der Waals surface area (Å²) in [5, 5.41) is 0. The van der Waals surface area contributed by atoms with E-state index in [4.69, 9.17) is 14.2 Å². The van der Waals surface area contributed by atoms with Gasteiger partial charge in [-0.2, -0.15) is 4.99 Å². The first-order valence-corrected chi connectivity index (χ1v) is 7.68. The minimum Gasteiger partial charge on any atom is -0.493 e. The van der Waals surface area contributed by atoms with Crippen molar-refractivity contribution >= 4 is 6.08 Å². The number of ether oxygens (including phenoxy) is 3. The van der Waals surface area contributed by atoms with Gasteiger partial charge in [0.25, 0.3) is 0 Å². The van der Waals surface area contributed by atoms with Crippen LogP contribution in [0.1, 0.15) is 31.2 Å². The van der Waals surface area contributed by atoms with Crippen molar-refractivity contribution in [3.63, 3.8) is 0 Å². The second-order valence-corrected chi connectivity index (χ2v) is 5.42. The number of methoxy groups -OCH3 is 2. The summed E-state index contributed by atoms with van der Waals surface area (Å²) in [5.74, 6) is 1.45. The fourth-order valence-electron chi connectivity index (χ4n) is 2.85. The number of rotatable bonds is 7. The van der Waals surface area contributed by atoms with Crippen LogP contribution < -0.4 is 9.47 Å². The fourth-order valence-corrected chi connectivity index (χ4v) is 2.85. The van der Waals surface area contributed by atoms with Crippen molar-refractivity contribution in [1.82, 2.24) is 0 Å². The van der Waals surface area contributed by atoms with Gasteiger partial charge in [-0.05, 0) is 37.0 Å². The number of nitrogens with zero attached hydrogens (tertiary/aromatic N) is 1. The number of hydrogen-bond donors (Lipinski definition) is 0.